The molecule has 0 spiro atoms. The Kier molecular flexibility index (Phi) is 3.72. The number of hydrogen-bond donors (Lipinski definition) is 1. The molecule has 0 aliphatic heterocycles. The van der Waals surface area contributed by atoms with Crippen LogP contribution in [0.5, 0.6) is 0 Å². The van der Waals surface area contributed by atoms with Crippen LogP contribution < -0.4 is 5.73 Å². The van der Waals surface area contributed by atoms with Gasteiger partial charge in [-0.15, -0.1) is 0 Å². The van der Waals surface area contributed by atoms with E-state index in [-0.39, 0.29) is 5.41 Å². The smallest absolute Gasteiger partial charge is 0.234 e. The lowest BCUT2D eigenvalue weighted by atomic mass is 9.82. The third kappa shape index (κ3) is 2.13. The third-order valence-electron chi connectivity index (χ3n) is 3.56. The zero-order chi connectivity index (χ0) is 13.0. The molecule has 2 N–H and O–H groups in total. The average molecular weight is 246 g/mol. The second kappa shape index (κ2) is 5.27. The molecule has 0 radical (unpaired) electrons. The van der Waals surface area contributed by atoms with Crippen LogP contribution in [0.2, 0.25) is 0 Å². The van der Waals surface area contributed by atoms with Crippen molar-refractivity contribution in [2.24, 2.45) is 5.73 Å². The Labute approximate surface area is 106 Å². The highest BCUT2D eigenvalue weighted by atomic mass is 16.5. The van der Waals surface area contributed by atoms with E-state index in [2.05, 4.69) is 29.0 Å². The fourth-order valence-electron chi connectivity index (χ4n) is 1.99. The lowest BCUT2D eigenvalue weighted by Gasteiger charge is -2.24. The van der Waals surface area contributed by atoms with Crippen molar-refractivity contribution in [1.82, 2.24) is 15.1 Å². The lowest BCUT2D eigenvalue weighted by molar-refractivity contribution is 0.267. The fourth-order valence-corrected chi connectivity index (χ4v) is 1.99. The summed E-state index contributed by atoms with van der Waals surface area (Å²) >= 11 is 0. The summed E-state index contributed by atoms with van der Waals surface area (Å²) in [6.07, 6.45) is 5.19. The van der Waals surface area contributed by atoms with E-state index < -0.39 is 0 Å². The molecule has 0 amide bonds. The molecule has 0 saturated heterocycles. The summed E-state index contributed by atoms with van der Waals surface area (Å²) in [6.45, 7) is 4.69. The van der Waals surface area contributed by atoms with Crippen molar-refractivity contribution in [2.45, 2.75) is 32.1 Å². The molecule has 0 saturated carbocycles. The molecule has 0 unspecified atom stereocenters. The van der Waals surface area contributed by atoms with E-state index in [1.807, 2.05) is 12.1 Å². The molecule has 0 fully saturated rings. The van der Waals surface area contributed by atoms with Crippen LogP contribution in [0, 0.1) is 0 Å². The van der Waals surface area contributed by atoms with Gasteiger partial charge in [0, 0.05) is 24.5 Å². The Morgan fingerprint density at radius 3 is 2.44 bits per heavy atom. The zero-order valence-corrected chi connectivity index (χ0v) is 10.8. The maximum absolute atomic E-state index is 5.87. The minimum Gasteiger partial charge on any atom is -0.338 e. The highest BCUT2D eigenvalue weighted by molar-refractivity contribution is 5.52. The molecule has 0 aliphatic carbocycles. The number of rotatable bonds is 5. The summed E-state index contributed by atoms with van der Waals surface area (Å²) in [5, 5.41) is 4.03. The molecular formula is C13H18N4O. The van der Waals surface area contributed by atoms with Crippen LogP contribution in [0.3, 0.4) is 0 Å². The SMILES string of the molecule is CCC(CC)(CN)c1nc(-c2ccncc2)no1. The fraction of sp³-hybridized carbons (Fsp3) is 0.462. The summed E-state index contributed by atoms with van der Waals surface area (Å²) in [6, 6.07) is 3.72. The molecule has 5 heteroatoms. The first-order valence-corrected chi connectivity index (χ1v) is 6.20. The molecule has 18 heavy (non-hydrogen) atoms. The molecule has 2 rings (SSSR count). The van der Waals surface area contributed by atoms with Gasteiger partial charge in [0.15, 0.2) is 0 Å². The number of aromatic nitrogens is 3. The Balaban J connectivity index is 2.36. The van der Waals surface area contributed by atoms with Gasteiger partial charge < -0.3 is 10.3 Å². The van der Waals surface area contributed by atoms with Gasteiger partial charge in [-0.25, -0.2) is 0 Å². The normalized spacial score (nSPS) is 11.7. The van der Waals surface area contributed by atoms with Gasteiger partial charge >= 0.3 is 0 Å². The quantitative estimate of drug-likeness (QED) is 0.874. The largest absolute Gasteiger partial charge is 0.338 e. The average Bonchev–Trinajstić information content (AvgIpc) is 2.93. The van der Waals surface area contributed by atoms with Crippen molar-refractivity contribution >= 4 is 0 Å². The van der Waals surface area contributed by atoms with Crippen molar-refractivity contribution in [3.05, 3.63) is 30.4 Å². The van der Waals surface area contributed by atoms with Gasteiger partial charge in [-0.1, -0.05) is 19.0 Å². The number of nitrogens with zero attached hydrogens (tertiary/aromatic N) is 3. The van der Waals surface area contributed by atoms with E-state index in [0.29, 0.717) is 18.3 Å². The van der Waals surface area contributed by atoms with E-state index >= 15 is 0 Å². The highest BCUT2D eigenvalue weighted by Crippen LogP contribution is 2.30. The summed E-state index contributed by atoms with van der Waals surface area (Å²) in [4.78, 5) is 8.45. The van der Waals surface area contributed by atoms with Crippen LogP contribution in [0.1, 0.15) is 32.6 Å². The van der Waals surface area contributed by atoms with E-state index in [1.165, 1.54) is 0 Å². The summed E-state index contributed by atoms with van der Waals surface area (Å²) < 4.78 is 5.40. The van der Waals surface area contributed by atoms with Crippen molar-refractivity contribution < 1.29 is 4.52 Å². The van der Waals surface area contributed by atoms with Gasteiger partial charge in [-0.2, -0.15) is 4.98 Å². The molecule has 2 aromatic rings. The van der Waals surface area contributed by atoms with Crippen molar-refractivity contribution in [1.29, 1.82) is 0 Å². The molecule has 0 aromatic carbocycles. The topological polar surface area (TPSA) is 77.8 Å². The monoisotopic (exact) mass is 246 g/mol. The molecule has 5 nitrogen and oxygen atoms in total. The Hall–Kier alpha value is -1.75. The highest BCUT2D eigenvalue weighted by Gasteiger charge is 2.33. The Morgan fingerprint density at radius 1 is 1.22 bits per heavy atom. The van der Waals surface area contributed by atoms with Gasteiger partial charge in [-0.05, 0) is 25.0 Å². The first-order valence-electron chi connectivity index (χ1n) is 6.20. The van der Waals surface area contributed by atoms with Crippen LogP contribution >= 0.6 is 0 Å². The molecule has 0 aliphatic rings. The standard InChI is InChI=1S/C13H18N4O/c1-3-13(4-2,9-14)12-16-11(17-18-12)10-5-7-15-8-6-10/h5-8H,3-4,9,14H2,1-2H3. The second-order valence-electron chi connectivity index (χ2n) is 4.35. The van der Waals surface area contributed by atoms with Gasteiger partial charge in [-0.3, -0.25) is 4.98 Å². The Bertz CT molecular complexity index is 482. The Morgan fingerprint density at radius 2 is 1.89 bits per heavy atom. The summed E-state index contributed by atoms with van der Waals surface area (Å²) in [5.41, 5.74) is 6.56. The molecule has 96 valence electrons. The van der Waals surface area contributed by atoms with Gasteiger partial charge in [0.05, 0.1) is 5.41 Å². The molecule has 2 aromatic heterocycles. The van der Waals surface area contributed by atoms with Crippen LogP contribution in [0.4, 0.5) is 0 Å². The summed E-state index contributed by atoms with van der Waals surface area (Å²) in [5.74, 6) is 1.22. The van der Waals surface area contributed by atoms with Crippen LogP contribution in [-0.2, 0) is 5.41 Å². The maximum atomic E-state index is 5.87. The number of hydrogen-bond acceptors (Lipinski definition) is 5. The van der Waals surface area contributed by atoms with Gasteiger partial charge in [0.2, 0.25) is 11.7 Å². The molecule has 0 bridgehead atoms. The van der Waals surface area contributed by atoms with E-state index in [9.17, 15) is 0 Å². The number of nitrogens with two attached hydrogens (primary N) is 1. The third-order valence-corrected chi connectivity index (χ3v) is 3.56. The van der Waals surface area contributed by atoms with Crippen LogP contribution in [-0.4, -0.2) is 21.7 Å². The van der Waals surface area contributed by atoms with Crippen molar-refractivity contribution in [3.63, 3.8) is 0 Å². The van der Waals surface area contributed by atoms with Crippen LogP contribution in [0.25, 0.3) is 11.4 Å². The molecule has 0 atom stereocenters. The maximum Gasteiger partial charge on any atom is 0.234 e. The predicted octanol–water partition coefficient (Wildman–Crippen LogP) is 2.15. The van der Waals surface area contributed by atoms with E-state index in [0.717, 1.165) is 18.4 Å². The minimum absolute atomic E-state index is 0.210. The van der Waals surface area contributed by atoms with Crippen molar-refractivity contribution in [2.75, 3.05) is 6.54 Å². The van der Waals surface area contributed by atoms with Crippen molar-refractivity contribution in [3.8, 4) is 11.4 Å². The lowest BCUT2D eigenvalue weighted by Crippen LogP contribution is -2.34. The van der Waals surface area contributed by atoms with Crippen LogP contribution in [0.15, 0.2) is 29.0 Å². The molecule has 2 heterocycles. The number of pyridine rings is 1. The summed E-state index contributed by atoms with van der Waals surface area (Å²) in [7, 11) is 0. The minimum atomic E-state index is -0.210. The first-order chi connectivity index (χ1) is 8.75. The second-order valence-corrected chi connectivity index (χ2v) is 4.35. The first kappa shape index (κ1) is 12.7. The zero-order valence-electron chi connectivity index (χ0n) is 10.8. The van der Waals surface area contributed by atoms with Gasteiger partial charge in [0.1, 0.15) is 0 Å². The van der Waals surface area contributed by atoms with E-state index in [4.69, 9.17) is 10.3 Å². The van der Waals surface area contributed by atoms with E-state index in [1.54, 1.807) is 12.4 Å². The van der Waals surface area contributed by atoms with Gasteiger partial charge in [0.25, 0.3) is 0 Å². The molecular weight excluding hydrogens is 228 g/mol. The predicted molar refractivity (Wildman–Crippen MR) is 68.8 cm³/mol.